The molecule has 284 valence electrons. The van der Waals surface area contributed by atoms with Gasteiger partial charge in [-0.15, -0.1) is 0 Å². The maximum atomic E-state index is 9.68. The fourth-order valence-corrected chi connectivity index (χ4v) is 8.00. The SMILES string of the molecule is Cc1ccccc1-c1noc(C2CC2)c1COC1CC[C@@H](N=C(c2ccccc2)c2ccccc2)C1.O[C@H]1CC[C@@H](N=C(c2ccccc2)c2ccccc2)C1. The summed E-state index contributed by atoms with van der Waals surface area (Å²) >= 11 is 0. The number of aromatic nitrogens is 1. The number of rotatable bonds is 11. The molecule has 4 atom stereocenters. The minimum Gasteiger partial charge on any atom is -0.393 e. The predicted molar refractivity (Wildman–Crippen MR) is 226 cm³/mol. The summed E-state index contributed by atoms with van der Waals surface area (Å²) in [5, 5.41) is 14.2. The van der Waals surface area contributed by atoms with Crippen LogP contribution in [0.5, 0.6) is 0 Å². The van der Waals surface area contributed by atoms with Gasteiger partial charge in [0.2, 0.25) is 0 Å². The van der Waals surface area contributed by atoms with Gasteiger partial charge in [0.25, 0.3) is 0 Å². The predicted octanol–water partition coefficient (Wildman–Crippen LogP) is 10.9. The Kier molecular flexibility index (Phi) is 12.1. The maximum absolute atomic E-state index is 9.68. The molecule has 1 N–H and O–H groups in total. The Morgan fingerprint density at radius 3 is 1.57 bits per heavy atom. The van der Waals surface area contributed by atoms with Gasteiger partial charge in [0.15, 0.2) is 0 Å². The zero-order valence-corrected chi connectivity index (χ0v) is 32.2. The molecule has 0 aliphatic heterocycles. The first-order valence-corrected chi connectivity index (χ1v) is 20.3. The molecule has 5 aromatic carbocycles. The summed E-state index contributed by atoms with van der Waals surface area (Å²) in [6, 6.07) is 50.5. The van der Waals surface area contributed by atoms with Crippen molar-refractivity contribution >= 4 is 11.4 Å². The van der Waals surface area contributed by atoms with E-state index < -0.39 is 0 Å². The van der Waals surface area contributed by atoms with E-state index in [1.807, 2.05) is 36.4 Å². The van der Waals surface area contributed by atoms with Crippen LogP contribution < -0.4 is 0 Å². The van der Waals surface area contributed by atoms with Crippen LogP contribution in [0, 0.1) is 6.92 Å². The molecule has 6 heteroatoms. The Morgan fingerprint density at radius 2 is 1.09 bits per heavy atom. The van der Waals surface area contributed by atoms with E-state index in [0.29, 0.717) is 12.5 Å². The quantitative estimate of drug-likeness (QED) is 0.134. The number of ether oxygens (including phenoxy) is 1. The van der Waals surface area contributed by atoms with Crippen molar-refractivity contribution in [2.75, 3.05) is 0 Å². The molecule has 56 heavy (non-hydrogen) atoms. The average molecular weight is 742 g/mol. The molecule has 0 bridgehead atoms. The van der Waals surface area contributed by atoms with Gasteiger partial charge in [0.1, 0.15) is 11.5 Å². The number of aryl methyl sites for hydroxylation is 1. The Morgan fingerprint density at radius 1 is 0.607 bits per heavy atom. The van der Waals surface area contributed by atoms with Crippen LogP contribution in [0.3, 0.4) is 0 Å². The largest absolute Gasteiger partial charge is 0.393 e. The van der Waals surface area contributed by atoms with E-state index in [1.54, 1.807) is 0 Å². The van der Waals surface area contributed by atoms with Crippen molar-refractivity contribution in [1.29, 1.82) is 0 Å². The van der Waals surface area contributed by atoms with Gasteiger partial charge in [-0.25, -0.2) is 0 Å². The molecular formula is C50H51N3O3. The first-order valence-electron chi connectivity index (χ1n) is 20.3. The molecule has 0 spiro atoms. The van der Waals surface area contributed by atoms with Crippen molar-refractivity contribution in [2.45, 2.75) is 95.1 Å². The van der Waals surface area contributed by atoms with Gasteiger partial charge in [-0.05, 0) is 63.9 Å². The number of aliphatic imine (C=N–C) groups is 2. The third kappa shape index (κ3) is 9.32. The van der Waals surface area contributed by atoms with Gasteiger partial charge < -0.3 is 14.4 Å². The molecule has 0 amide bonds. The average Bonchev–Trinajstić information content (AvgIpc) is 3.62. The molecule has 6 nitrogen and oxygen atoms in total. The van der Waals surface area contributed by atoms with Crippen molar-refractivity contribution in [3.05, 3.63) is 185 Å². The lowest BCUT2D eigenvalue weighted by Crippen LogP contribution is -2.13. The molecule has 0 radical (unpaired) electrons. The molecule has 1 aromatic heterocycles. The molecule has 1 heterocycles. The Hall–Kier alpha value is -5.43. The van der Waals surface area contributed by atoms with Crippen LogP contribution in [0.4, 0.5) is 0 Å². The first kappa shape index (κ1) is 37.5. The van der Waals surface area contributed by atoms with E-state index in [1.165, 1.54) is 18.4 Å². The summed E-state index contributed by atoms with van der Waals surface area (Å²) in [5.74, 6) is 1.52. The molecular weight excluding hydrogens is 691 g/mol. The molecule has 3 saturated carbocycles. The number of aliphatic hydroxyl groups is 1. The number of benzene rings is 5. The van der Waals surface area contributed by atoms with Crippen LogP contribution in [-0.4, -0.2) is 46.0 Å². The summed E-state index contributed by atoms with van der Waals surface area (Å²) in [6.07, 6.45) is 7.99. The third-order valence-electron chi connectivity index (χ3n) is 11.2. The van der Waals surface area contributed by atoms with E-state index >= 15 is 0 Å². The molecule has 3 fully saturated rings. The lowest BCUT2D eigenvalue weighted by Gasteiger charge is -2.14. The standard InChI is InChI=1S/C32H32N2O2.C18H19NO/c1-22-10-8-9-15-28(22)31-29(32(36-34-31)25-16-17-25)21-35-27-19-18-26(20-27)33-30(23-11-4-2-5-12-23)24-13-6-3-7-14-24;20-17-12-11-16(13-17)19-18(14-7-3-1-4-8-14)15-9-5-2-6-10-15/h2-15,25-27H,16-21H2,1H3;1-10,16-17,20H,11-13H2/t26-,27?;16-,17+/m11/s1. The van der Waals surface area contributed by atoms with Crippen molar-refractivity contribution in [2.24, 2.45) is 9.98 Å². The van der Waals surface area contributed by atoms with Gasteiger partial charge >= 0.3 is 0 Å². The van der Waals surface area contributed by atoms with Crippen LogP contribution in [0.2, 0.25) is 0 Å². The fourth-order valence-electron chi connectivity index (χ4n) is 8.00. The van der Waals surface area contributed by atoms with Gasteiger partial charge in [-0.2, -0.15) is 0 Å². The van der Waals surface area contributed by atoms with Gasteiger partial charge in [0.05, 0.1) is 42.3 Å². The summed E-state index contributed by atoms with van der Waals surface area (Å²) in [5.41, 5.74) is 11.1. The first-order chi connectivity index (χ1) is 27.6. The van der Waals surface area contributed by atoms with Crippen molar-refractivity contribution in [1.82, 2.24) is 5.16 Å². The molecule has 9 rings (SSSR count). The van der Waals surface area contributed by atoms with Crippen LogP contribution in [-0.2, 0) is 11.3 Å². The Labute approximate surface area is 331 Å². The lowest BCUT2D eigenvalue weighted by molar-refractivity contribution is 0.0443. The number of hydrogen-bond donors (Lipinski definition) is 1. The summed E-state index contributed by atoms with van der Waals surface area (Å²) in [6.45, 7) is 2.67. The molecule has 3 aliphatic rings. The van der Waals surface area contributed by atoms with Crippen LogP contribution >= 0.6 is 0 Å². The second kappa shape index (κ2) is 18.0. The lowest BCUT2D eigenvalue weighted by atomic mass is 10.0. The van der Waals surface area contributed by atoms with Crippen molar-refractivity contribution in [3.8, 4) is 11.3 Å². The number of aliphatic hydroxyl groups excluding tert-OH is 1. The minimum atomic E-state index is -0.184. The Balaban J connectivity index is 0.000000186. The van der Waals surface area contributed by atoms with Crippen molar-refractivity contribution < 1.29 is 14.4 Å². The van der Waals surface area contributed by atoms with Gasteiger partial charge in [0, 0.05) is 39.3 Å². The third-order valence-corrected chi connectivity index (χ3v) is 11.2. The topological polar surface area (TPSA) is 80.2 Å². The van der Waals surface area contributed by atoms with Crippen LogP contribution in [0.25, 0.3) is 11.3 Å². The van der Waals surface area contributed by atoms with E-state index in [4.69, 9.17) is 19.2 Å². The fraction of sp³-hybridized carbons (Fsp3) is 0.300. The second-order valence-corrected chi connectivity index (χ2v) is 15.4. The number of nitrogens with zero attached hydrogens (tertiary/aromatic N) is 3. The molecule has 6 aromatic rings. The van der Waals surface area contributed by atoms with E-state index in [2.05, 4.69) is 121 Å². The Bertz CT molecular complexity index is 2130. The summed E-state index contributed by atoms with van der Waals surface area (Å²) < 4.78 is 12.4. The van der Waals surface area contributed by atoms with Crippen LogP contribution in [0.1, 0.15) is 96.4 Å². The highest BCUT2D eigenvalue weighted by Gasteiger charge is 2.34. The number of hydrogen-bond acceptors (Lipinski definition) is 6. The maximum Gasteiger partial charge on any atom is 0.145 e. The van der Waals surface area contributed by atoms with E-state index in [0.717, 1.165) is 94.8 Å². The smallest absolute Gasteiger partial charge is 0.145 e. The molecule has 3 aliphatic carbocycles. The van der Waals surface area contributed by atoms with Crippen LogP contribution in [0.15, 0.2) is 160 Å². The highest BCUT2D eigenvalue weighted by atomic mass is 16.5. The minimum absolute atomic E-state index is 0.184. The van der Waals surface area contributed by atoms with E-state index in [-0.39, 0.29) is 24.3 Å². The zero-order chi connectivity index (χ0) is 38.1. The molecule has 1 unspecified atom stereocenters. The van der Waals surface area contributed by atoms with E-state index in [9.17, 15) is 5.11 Å². The highest BCUT2D eigenvalue weighted by molar-refractivity contribution is 6.13. The zero-order valence-electron chi connectivity index (χ0n) is 32.2. The van der Waals surface area contributed by atoms with Gasteiger partial charge in [-0.1, -0.05) is 151 Å². The molecule has 0 saturated heterocycles. The second-order valence-electron chi connectivity index (χ2n) is 15.4. The van der Waals surface area contributed by atoms with Gasteiger partial charge in [-0.3, -0.25) is 9.98 Å². The summed E-state index contributed by atoms with van der Waals surface area (Å²) in [4.78, 5) is 10.2. The highest BCUT2D eigenvalue weighted by Crippen LogP contribution is 2.45. The normalized spacial score (nSPS) is 20.2. The summed E-state index contributed by atoms with van der Waals surface area (Å²) in [7, 11) is 0. The monoisotopic (exact) mass is 741 g/mol. The van der Waals surface area contributed by atoms with Crippen molar-refractivity contribution in [3.63, 3.8) is 0 Å².